The monoisotopic (exact) mass is 296 g/mol. The van der Waals surface area contributed by atoms with Crippen LogP contribution in [0.5, 0.6) is 5.75 Å². The summed E-state index contributed by atoms with van der Waals surface area (Å²) < 4.78 is 18.5. The number of rotatable bonds is 2. The van der Waals surface area contributed by atoms with Crippen LogP contribution in [0.2, 0.25) is 0 Å². The molecule has 1 heterocycles. The van der Waals surface area contributed by atoms with Gasteiger partial charge in [0.15, 0.2) is 0 Å². The average molecular weight is 296 g/mol. The van der Waals surface area contributed by atoms with Crippen molar-refractivity contribution < 1.29 is 19.0 Å². The number of nitrogens with one attached hydrogen (secondary N) is 1. The van der Waals surface area contributed by atoms with Gasteiger partial charge in [-0.15, -0.1) is 0 Å². The van der Waals surface area contributed by atoms with E-state index in [4.69, 9.17) is 4.74 Å². The van der Waals surface area contributed by atoms with Gasteiger partial charge in [-0.3, -0.25) is 4.79 Å². The van der Waals surface area contributed by atoms with Crippen molar-refractivity contribution in [2.24, 2.45) is 0 Å². The highest BCUT2D eigenvalue weighted by Gasteiger charge is 2.17. The highest BCUT2D eigenvalue weighted by molar-refractivity contribution is 5.76. The molecule has 5 nitrogen and oxygen atoms in total. The Labute approximate surface area is 123 Å². The maximum atomic E-state index is 13.3. The Kier molecular flexibility index (Phi) is 5.38. The number of amides is 1. The molecular weight excluding hydrogens is 275 g/mol. The van der Waals surface area contributed by atoms with E-state index in [0.29, 0.717) is 31.6 Å². The second-order valence-corrected chi connectivity index (χ2v) is 5.13. The van der Waals surface area contributed by atoms with E-state index in [1.54, 1.807) is 6.07 Å². The molecule has 2 N–H and O–H groups in total. The maximum Gasteiger partial charge on any atom is 0.222 e. The lowest BCUT2D eigenvalue weighted by Gasteiger charge is -2.28. The van der Waals surface area contributed by atoms with Gasteiger partial charge in [-0.2, -0.15) is 0 Å². The summed E-state index contributed by atoms with van der Waals surface area (Å²) in [7, 11) is 1.51. The van der Waals surface area contributed by atoms with Crippen LogP contribution in [0, 0.1) is 5.82 Å². The molecule has 1 atom stereocenters. The largest absolute Gasteiger partial charge is 0.494 e. The lowest BCUT2D eigenvalue weighted by molar-refractivity contribution is -0.124. The van der Waals surface area contributed by atoms with Gasteiger partial charge in [0.05, 0.1) is 12.8 Å². The van der Waals surface area contributed by atoms with Crippen LogP contribution in [0.1, 0.15) is 25.7 Å². The van der Waals surface area contributed by atoms with E-state index in [1.165, 1.54) is 19.2 Å². The van der Waals surface area contributed by atoms with E-state index in [-0.39, 0.29) is 11.7 Å². The Bertz CT molecular complexity index is 496. The average Bonchev–Trinajstić information content (AvgIpc) is 2.45. The lowest BCUT2D eigenvalue weighted by atomic mass is 10.1. The number of benzene rings is 1. The van der Waals surface area contributed by atoms with Gasteiger partial charge in [-0.1, -0.05) is 0 Å². The molecule has 0 spiro atoms. The summed E-state index contributed by atoms with van der Waals surface area (Å²) in [5.74, 6) is -0.000975. The van der Waals surface area contributed by atoms with Crippen LogP contribution in [0.4, 0.5) is 10.1 Å². The Hall–Kier alpha value is -1.82. The first-order valence-electron chi connectivity index (χ1n) is 7.16. The molecule has 1 aromatic carbocycles. The second kappa shape index (κ2) is 7.26. The zero-order chi connectivity index (χ0) is 15.2. The molecule has 1 saturated heterocycles. The first-order valence-corrected chi connectivity index (χ1v) is 7.16. The number of aliphatic hydroxyl groups is 1. The van der Waals surface area contributed by atoms with Crippen molar-refractivity contribution in [2.45, 2.75) is 31.9 Å². The molecule has 1 unspecified atom stereocenters. The number of anilines is 1. The molecule has 1 aliphatic rings. The van der Waals surface area contributed by atoms with Gasteiger partial charge in [0.1, 0.15) is 17.8 Å². The van der Waals surface area contributed by atoms with Crippen molar-refractivity contribution in [1.29, 1.82) is 0 Å². The zero-order valence-corrected chi connectivity index (χ0v) is 12.1. The molecule has 0 aromatic heterocycles. The predicted octanol–water partition coefficient (Wildman–Crippen LogP) is 1.65. The normalized spacial score (nSPS) is 20.8. The Morgan fingerprint density at radius 2 is 2.14 bits per heavy atom. The Balaban J connectivity index is 2.14. The van der Waals surface area contributed by atoms with Crippen LogP contribution in [0.25, 0.3) is 0 Å². The van der Waals surface area contributed by atoms with Gasteiger partial charge >= 0.3 is 0 Å². The standard InChI is InChI=1S/C15H21FN2O3/c1-21-13-10-11(16)6-7-12(13)18-8-2-4-14(19)17-15(20)5-3-9-18/h6-7,10,14,19H,2-5,8-9H2,1H3,(H,17,20). The van der Waals surface area contributed by atoms with E-state index in [9.17, 15) is 14.3 Å². The molecule has 1 fully saturated rings. The quantitative estimate of drug-likeness (QED) is 0.871. The molecular formula is C15H21FN2O3. The highest BCUT2D eigenvalue weighted by Crippen LogP contribution is 2.29. The van der Waals surface area contributed by atoms with E-state index in [0.717, 1.165) is 18.7 Å². The summed E-state index contributed by atoms with van der Waals surface area (Å²) in [5, 5.41) is 12.2. The minimum absolute atomic E-state index is 0.143. The zero-order valence-electron chi connectivity index (χ0n) is 12.1. The van der Waals surface area contributed by atoms with Gasteiger partial charge in [-0.25, -0.2) is 4.39 Å². The van der Waals surface area contributed by atoms with Crippen molar-refractivity contribution in [3.05, 3.63) is 24.0 Å². The van der Waals surface area contributed by atoms with E-state index in [2.05, 4.69) is 10.2 Å². The summed E-state index contributed by atoms with van der Waals surface area (Å²) in [6, 6.07) is 4.45. The van der Waals surface area contributed by atoms with Crippen molar-refractivity contribution in [2.75, 3.05) is 25.1 Å². The third kappa shape index (κ3) is 4.32. The second-order valence-electron chi connectivity index (χ2n) is 5.13. The van der Waals surface area contributed by atoms with Gasteiger partial charge in [0, 0.05) is 25.6 Å². The fourth-order valence-electron chi connectivity index (χ4n) is 2.50. The molecule has 1 aromatic rings. The van der Waals surface area contributed by atoms with Crippen LogP contribution >= 0.6 is 0 Å². The SMILES string of the molecule is COc1cc(F)ccc1N1CCCC(=O)NC(O)CCC1. The Morgan fingerprint density at radius 1 is 1.38 bits per heavy atom. The predicted molar refractivity (Wildman–Crippen MR) is 77.8 cm³/mol. The Morgan fingerprint density at radius 3 is 2.90 bits per heavy atom. The summed E-state index contributed by atoms with van der Waals surface area (Å²) in [6.45, 7) is 1.40. The fourth-order valence-corrected chi connectivity index (χ4v) is 2.50. The minimum atomic E-state index is -0.799. The summed E-state index contributed by atoms with van der Waals surface area (Å²) in [6.07, 6.45) is 1.44. The number of aliphatic hydroxyl groups excluding tert-OH is 1. The van der Waals surface area contributed by atoms with Crippen LogP contribution in [0.3, 0.4) is 0 Å². The van der Waals surface area contributed by atoms with Crippen LogP contribution in [0.15, 0.2) is 18.2 Å². The molecule has 0 aliphatic carbocycles. The number of hydrogen-bond acceptors (Lipinski definition) is 4. The number of hydrogen-bond donors (Lipinski definition) is 2. The van der Waals surface area contributed by atoms with E-state index in [1.807, 2.05) is 0 Å². The number of halogens is 1. The molecule has 0 saturated carbocycles. The third-order valence-corrected chi connectivity index (χ3v) is 3.55. The molecule has 1 aliphatic heterocycles. The summed E-state index contributed by atoms with van der Waals surface area (Å²) in [4.78, 5) is 13.6. The van der Waals surface area contributed by atoms with E-state index < -0.39 is 6.23 Å². The number of carbonyl (C=O) groups is 1. The summed E-state index contributed by atoms with van der Waals surface area (Å²) in [5.41, 5.74) is 0.814. The lowest BCUT2D eigenvalue weighted by Crippen LogP contribution is -2.37. The number of ether oxygens (including phenoxy) is 1. The first-order chi connectivity index (χ1) is 10.1. The molecule has 0 bridgehead atoms. The van der Waals surface area contributed by atoms with Crippen LogP contribution < -0.4 is 15.0 Å². The van der Waals surface area contributed by atoms with Crippen molar-refractivity contribution >= 4 is 11.6 Å². The molecule has 6 heteroatoms. The van der Waals surface area contributed by atoms with Crippen LogP contribution in [-0.2, 0) is 4.79 Å². The minimum Gasteiger partial charge on any atom is -0.494 e. The number of methoxy groups -OCH3 is 1. The van der Waals surface area contributed by atoms with Crippen LogP contribution in [-0.4, -0.2) is 37.4 Å². The molecule has 2 rings (SSSR count). The molecule has 1 amide bonds. The first kappa shape index (κ1) is 15.6. The van der Waals surface area contributed by atoms with Gasteiger partial charge in [0.25, 0.3) is 0 Å². The smallest absolute Gasteiger partial charge is 0.222 e. The molecule has 21 heavy (non-hydrogen) atoms. The van der Waals surface area contributed by atoms with Gasteiger partial charge in [0.2, 0.25) is 5.91 Å². The third-order valence-electron chi connectivity index (χ3n) is 3.55. The molecule has 116 valence electrons. The van der Waals surface area contributed by atoms with Crippen molar-refractivity contribution in [3.63, 3.8) is 0 Å². The topological polar surface area (TPSA) is 61.8 Å². The number of carbonyl (C=O) groups excluding carboxylic acids is 1. The summed E-state index contributed by atoms with van der Waals surface area (Å²) >= 11 is 0. The van der Waals surface area contributed by atoms with Crippen molar-refractivity contribution in [3.8, 4) is 5.75 Å². The van der Waals surface area contributed by atoms with Gasteiger partial charge < -0.3 is 20.1 Å². The maximum absolute atomic E-state index is 13.3. The number of nitrogens with zero attached hydrogens (tertiary/aromatic N) is 1. The fraction of sp³-hybridized carbons (Fsp3) is 0.533. The molecule has 0 radical (unpaired) electrons. The van der Waals surface area contributed by atoms with E-state index >= 15 is 0 Å². The van der Waals surface area contributed by atoms with Crippen molar-refractivity contribution in [1.82, 2.24) is 5.32 Å². The van der Waals surface area contributed by atoms with Gasteiger partial charge in [-0.05, 0) is 31.4 Å². The highest BCUT2D eigenvalue weighted by atomic mass is 19.1.